The third kappa shape index (κ3) is 4.63. The maximum absolute atomic E-state index is 13.3. The number of hydrogen-bond acceptors (Lipinski definition) is 4. The topological polar surface area (TPSA) is 56.8 Å². The number of nitrogens with zero attached hydrogens (tertiary/aromatic N) is 2. The average Bonchev–Trinajstić information content (AvgIpc) is 2.46. The van der Waals surface area contributed by atoms with E-state index in [-0.39, 0.29) is 39.3 Å². The number of thioether (sulfide) groups is 1. The molecule has 2 rings (SSSR count). The molecule has 0 fully saturated rings. The van der Waals surface area contributed by atoms with Gasteiger partial charge in [0.15, 0.2) is 0 Å². The third-order valence-corrected chi connectivity index (χ3v) is 3.25. The van der Waals surface area contributed by atoms with Gasteiger partial charge in [-0.25, -0.2) is 4.39 Å². The van der Waals surface area contributed by atoms with E-state index < -0.39 is 11.3 Å². The molecule has 23 heavy (non-hydrogen) atoms. The third-order valence-electron chi connectivity index (χ3n) is 2.53. The molecule has 0 amide bonds. The number of benzene rings is 2. The molecule has 8 heteroatoms. The van der Waals surface area contributed by atoms with Crippen molar-refractivity contribution in [3.63, 3.8) is 0 Å². The smallest absolute Gasteiger partial charge is 0.446 e. The van der Waals surface area contributed by atoms with Crippen LogP contribution in [0.25, 0.3) is 0 Å². The van der Waals surface area contributed by atoms with Crippen LogP contribution in [0, 0.1) is 28.5 Å². The van der Waals surface area contributed by atoms with Crippen molar-refractivity contribution in [2.75, 3.05) is 0 Å². The van der Waals surface area contributed by atoms with Gasteiger partial charge in [-0.05, 0) is 42.1 Å². The van der Waals surface area contributed by atoms with Gasteiger partial charge in [0.1, 0.15) is 23.4 Å². The lowest BCUT2D eigenvalue weighted by Crippen LogP contribution is -1.99. The van der Waals surface area contributed by atoms with E-state index >= 15 is 0 Å². The first-order valence-corrected chi connectivity index (χ1v) is 6.81. The standard InChI is InChI=1S/C15H6F4N2OS/c16-11-3-9(7-20)4-12(6-11)22-14-2-1-13(5-10(14)8-21)23-15(17,18)19/h1-6H. The van der Waals surface area contributed by atoms with Gasteiger partial charge in [0, 0.05) is 11.0 Å². The monoisotopic (exact) mass is 338 g/mol. The van der Waals surface area contributed by atoms with E-state index in [2.05, 4.69) is 0 Å². The van der Waals surface area contributed by atoms with Crippen LogP contribution < -0.4 is 4.74 Å². The Labute approximate surface area is 132 Å². The Morgan fingerprint density at radius 1 is 1.00 bits per heavy atom. The van der Waals surface area contributed by atoms with Crippen LogP contribution in [-0.4, -0.2) is 5.51 Å². The van der Waals surface area contributed by atoms with Crippen LogP contribution in [0.5, 0.6) is 11.5 Å². The molecule has 3 nitrogen and oxygen atoms in total. The predicted molar refractivity (Wildman–Crippen MR) is 74.3 cm³/mol. The summed E-state index contributed by atoms with van der Waals surface area (Å²) in [6.07, 6.45) is 0. The summed E-state index contributed by atoms with van der Waals surface area (Å²) in [5.74, 6) is -0.774. The Balaban J connectivity index is 2.32. The van der Waals surface area contributed by atoms with E-state index in [1.165, 1.54) is 12.1 Å². The molecule has 2 aromatic rings. The minimum atomic E-state index is -4.47. The molecular formula is C15H6F4N2OS. The minimum Gasteiger partial charge on any atom is -0.456 e. The average molecular weight is 338 g/mol. The van der Waals surface area contributed by atoms with Crippen LogP contribution in [0.1, 0.15) is 11.1 Å². The van der Waals surface area contributed by atoms with Crippen LogP contribution in [0.2, 0.25) is 0 Å². The zero-order valence-corrected chi connectivity index (χ0v) is 12.0. The van der Waals surface area contributed by atoms with Crippen molar-refractivity contribution in [2.24, 2.45) is 0 Å². The lowest BCUT2D eigenvalue weighted by Gasteiger charge is -2.10. The van der Waals surface area contributed by atoms with Gasteiger partial charge in [0.2, 0.25) is 0 Å². The second kappa shape index (κ2) is 6.59. The van der Waals surface area contributed by atoms with Crippen molar-refractivity contribution < 1.29 is 22.3 Å². The molecule has 116 valence electrons. The maximum Gasteiger partial charge on any atom is 0.446 e. The number of alkyl halides is 3. The molecule has 0 spiro atoms. The Kier molecular flexibility index (Phi) is 4.77. The van der Waals surface area contributed by atoms with E-state index in [1.807, 2.05) is 0 Å². The Hall–Kier alpha value is -2.71. The summed E-state index contributed by atoms with van der Waals surface area (Å²) in [4.78, 5) is -0.168. The van der Waals surface area contributed by atoms with Gasteiger partial charge in [0.05, 0.1) is 17.2 Å². The molecule has 2 aromatic carbocycles. The number of ether oxygens (including phenoxy) is 1. The summed E-state index contributed by atoms with van der Waals surface area (Å²) in [7, 11) is 0. The first-order valence-electron chi connectivity index (χ1n) is 5.99. The van der Waals surface area contributed by atoms with Crippen molar-refractivity contribution in [1.29, 1.82) is 10.5 Å². The van der Waals surface area contributed by atoms with Crippen molar-refractivity contribution in [3.8, 4) is 23.6 Å². The molecule has 0 aliphatic carbocycles. The number of nitriles is 2. The molecule has 0 unspecified atom stereocenters. The highest BCUT2D eigenvalue weighted by molar-refractivity contribution is 8.00. The van der Waals surface area contributed by atoms with E-state index in [4.69, 9.17) is 15.3 Å². The highest BCUT2D eigenvalue weighted by Gasteiger charge is 2.29. The van der Waals surface area contributed by atoms with Gasteiger partial charge in [-0.2, -0.15) is 23.7 Å². The van der Waals surface area contributed by atoms with Crippen LogP contribution in [-0.2, 0) is 0 Å². The summed E-state index contributed by atoms with van der Waals surface area (Å²) in [5.41, 5.74) is -4.59. The number of halogens is 4. The Bertz CT molecular complexity index is 822. The predicted octanol–water partition coefficient (Wildman–Crippen LogP) is 4.97. The van der Waals surface area contributed by atoms with E-state index in [0.717, 1.165) is 24.3 Å². The van der Waals surface area contributed by atoms with Crippen LogP contribution in [0.4, 0.5) is 17.6 Å². The van der Waals surface area contributed by atoms with Crippen molar-refractivity contribution in [1.82, 2.24) is 0 Å². The first kappa shape index (κ1) is 16.7. The minimum absolute atomic E-state index is 0.0164. The fourth-order valence-corrected chi connectivity index (χ4v) is 2.28. The zero-order valence-electron chi connectivity index (χ0n) is 11.2. The van der Waals surface area contributed by atoms with Crippen LogP contribution >= 0.6 is 11.8 Å². The van der Waals surface area contributed by atoms with E-state index in [1.54, 1.807) is 12.1 Å². The first-order chi connectivity index (χ1) is 10.8. The Morgan fingerprint density at radius 2 is 1.74 bits per heavy atom. The zero-order chi connectivity index (χ0) is 17.0. The van der Waals surface area contributed by atoms with Gasteiger partial charge < -0.3 is 4.74 Å². The van der Waals surface area contributed by atoms with E-state index in [9.17, 15) is 17.6 Å². The lowest BCUT2D eigenvalue weighted by atomic mass is 10.2. The molecule has 0 heterocycles. The second-order valence-electron chi connectivity index (χ2n) is 4.21. The SMILES string of the molecule is N#Cc1cc(F)cc(Oc2ccc(SC(F)(F)F)cc2C#N)c1. The fourth-order valence-electron chi connectivity index (χ4n) is 1.70. The summed E-state index contributed by atoms with van der Waals surface area (Å²) in [5, 5.41) is 17.8. The molecule has 0 N–H and O–H groups in total. The molecule has 0 bridgehead atoms. The molecule has 0 aliphatic heterocycles. The van der Waals surface area contributed by atoms with Gasteiger partial charge >= 0.3 is 5.51 Å². The molecule has 0 atom stereocenters. The Morgan fingerprint density at radius 3 is 2.35 bits per heavy atom. The second-order valence-corrected chi connectivity index (χ2v) is 5.35. The molecule has 0 saturated carbocycles. The highest BCUT2D eigenvalue weighted by Crippen LogP contribution is 2.39. The van der Waals surface area contributed by atoms with Gasteiger partial charge in [-0.1, -0.05) is 0 Å². The quantitative estimate of drug-likeness (QED) is 0.585. The van der Waals surface area contributed by atoms with Gasteiger partial charge in [0.25, 0.3) is 0 Å². The molecule has 0 saturated heterocycles. The van der Waals surface area contributed by atoms with Gasteiger partial charge in [-0.3, -0.25) is 0 Å². The van der Waals surface area contributed by atoms with Crippen molar-refractivity contribution in [2.45, 2.75) is 10.4 Å². The van der Waals surface area contributed by atoms with Crippen molar-refractivity contribution in [3.05, 3.63) is 53.3 Å². The number of rotatable bonds is 3. The summed E-state index contributed by atoms with van der Waals surface area (Å²) in [6.45, 7) is 0. The largest absolute Gasteiger partial charge is 0.456 e. The lowest BCUT2D eigenvalue weighted by molar-refractivity contribution is -0.0328. The molecule has 0 aromatic heterocycles. The van der Waals surface area contributed by atoms with Crippen LogP contribution in [0.15, 0.2) is 41.3 Å². The van der Waals surface area contributed by atoms with Crippen molar-refractivity contribution >= 4 is 11.8 Å². The summed E-state index contributed by atoms with van der Waals surface area (Å²) < 4.78 is 55.6. The summed E-state index contributed by atoms with van der Waals surface area (Å²) in [6, 6.07) is 10.1. The van der Waals surface area contributed by atoms with E-state index in [0.29, 0.717) is 0 Å². The normalized spacial score (nSPS) is 10.7. The van der Waals surface area contributed by atoms with Gasteiger partial charge in [-0.15, -0.1) is 0 Å². The van der Waals surface area contributed by atoms with Crippen LogP contribution in [0.3, 0.4) is 0 Å². The molecule has 0 aliphatic rings. The number of hydrogen-bond donors (Lipinski definition) is 0. The highest BCUT2D eigenvalue weighted by atomic mass is 32.2. The molecular weight excluding hydrogens is 332 g/mol. The molecule has 0 radical (unpaired) electrons. The summed E-state index contributed by atoms with van der Waals surface area (Å²) >= 11 is -0.356. The fraction of sp³-hybridized carbons (Fsp3) is 0.0667. The maximum atomic E-state index is 13.3.